The zero-order chi connectivity index (χ0) is 17.9. The van der Waals surface area contributed by atoms with Crippen molar-refractivity contribution in [3.63, 3.8) is 0 Å². The Balaban J connectivity index is 1.43. The lowest BCUT2D eigenvalue weighted by atomic mass is 10.2. The lowest BCUT2D eigenvalue weighted by molar-refractivity contribution is 0.0951. The van der Waals surface area contributed by atoms with Crippen LogP contribution in [0.25, 0.3) is 16.3 Å². The number of aryl methyl sites for hydroxylation is 1. The van der Waals surface area contributed by atoms with Crippen LogP contribution in [0, 0.1) is 6.92 Å². The number of hydrogen-bond acceptors (Lipinski definition) is 7. The van der Waals surface area contributed by atoms with Gasteiger partial charge in [0, 0.05) is 15.8 Å². The summed E-state index contributed by atoms with van der Waals surface area (Å²) in [5, 5.41) is 17.1. The van der Waals surface area contributed by atoms with Gasteiger partial charge in [0.1, 0.15) is 6.33 Å². The normalized spacial score (nSPS) is 10.8. The van der Waals surface area contributed by atoms with Gasteiger partial charge in [0.25, 0.3) is 5.91 Å². The van der Waals surface area contributed by atoms with Gasteiger partial charge >= 0.3 is 0 Å². The third-order valence-corrected chi connectivity index (χ3v) is 5.56. The minimum Gasteiger partial charge on any atom is -0.347 e. The molecule has 130 valence electrons. The minimum absolute atomic E-state index is 0.139. The van der Waals surface area contributed by atoms with Crippen LogP contribution in [0.2, 0.25) is 0 Å². The molecule has 0 aliphatic carbocycles. The average molecular weight is 382 g/mol. The van der Waals surface area contributed by atoms with Gasteiger partial charge in [0.05, 0.1) is 27.8 Å². The molecule has 0 aliphatic heterocycles. The van der Waals surface area contributed by atoms with Gasteiger partial charge < -0.3 is 5.32 Å². The van der Waals surface area contributed by atoms with Crippen LogP contribution in [-0.4, -0.2) is 31.1 Å². The van der Waals surface area contributed by atoms with Gasteiger partial charge in [0.15, 0.2) is 0 Å². The predicted octanol–water partition coefficient (Wildman–Crippen LogP) is 3.09. The number of thiazole rings is 1. The fourth-order valence-electron chi connectivity index (χ4n) is 2.43. The standard InChI is InChI=1S/C17H14N6OS2/c1-11-20-15(9-25-11)16-6-5-14(26-16)8-18-17(24)12-3-2-4-13(7-12)23-10-19-21-22-23/h2-7,9-10H,8H2,1H3,(H,18,24). The fourth-order valence-corrected chi connectivity index (χ4v) is 4.02. The van der Waals surface area contributed by atoms with Crippen molar-refractivity contribution in [3.05, 3.63) is 63.6 Å². The van der Waals surface area contributed by atoms with Crippen molar-refractivity contribution >= 4 is 28.6 Å². The number of carbonyl (C=O) groups is 1. The molecule has 9 heteroatoms. The second-order valence-corrected chi connectivity index (χ2v) is 7.74. The molecule has 0 bridgehead atoms. The third-order valence-electron chi connectivity index (χ3n) is 3.68. The topological polar surface area (TPSA) is 85.6 Å². The molecule has 0 saturated heterocycles. The molecule has 0 radical (unpaired) electrons. The summed E-state index contributed by atoms with van der Waals surface area (Å²) >= 11 is 3.27. The molecule has 0 aliphatic rings. The monoisotopic (exact) mass is 382 g/mol. The summed E-state index contributed by atoms with van der Waals surface area (Å²) < 4.78 is 1.51. The second-order valence-electron chi connectivity index (χ2n) is 5.51. The number of benzene rings is 1. The molecule has 1 aromatic carbocycles. The first kappa shape index (κ1) is 16.6. The molecule has 0 unspecified atom stereocenters. The van der Waals surface area contributed by atoms with E-state index >= 15 is 0 Å². The van der Waals surface area contributed by atoms with Gasteiger partial charge in [-0.15, -0.1) is 27.8 Å². The van der Waals surface area contributed by atoms with Gasteiger partial charge in [-0.1, -0.05) is 6.07 Å². The van der Waals surface area contributed by atoms with Crippen LogP contribution in [0.5, 0.6) is 0 Å². The molecule has 4 aromatic rings. The van der Waals surface area contributed by atoms with Gasteiger partial charge in [-0.05, 0) is 47.7 Å². The molecule has 0 spiro atoms. The summed E-state index contributed by atoms with van der Waals surface area (Å²) in [4.78, 5) is 19.1. The number of nitrogens with zero attached hydrogens (tertiary/aromatic N) is 5. The first-order chi connectivity index (χ1) is 12.7. The highest BCUT2D eigenvalue weighted by Gasteiger charge is 2.10. The SMILES string of the molecule is Cc1nc(-c2ccc(CNC(=O)c3cccc(-n4cnnn4)c3)s2)cs1. The van der Waals surface area contributed by atoms with Crippen LogP contribution in [-0.2, 0) is 6.54 Å². The zero-order valence-electron chi connectivity index (χ0n) is 13.8. The first-order valence-corrected chi connectivity index (χ1v) is 9.51. The van der Waals surface area contributed by atoms with E-state index in [4.69, 9.17) is 0 Å². The molecule has 1 amide bonds. The van der Waals surface area contributed by atoms with Crippen molar-refractivity contribution in [2.75, 3.05) is 0 Å². The lowest BCUT2D eigenvalue weighted by Crippen LogP contribution is -2.22. The van der Waals surface area contributed by atoms with Crippen LogP contribution < -0.4 is 5.32 Å². The summed E-state index contributed by atoms with van der Waals surface area (Å²) in [6.45, 7) is 2.47. The van der Waals surface area contributed by atoms with E-state index in [1.807, 2.05) is 30.5 Å². The van der Waals surface area contributed by atoms with Crippen LogP contribution in [0.3, 0.4) is 0 Å². The highest BCUT2D eigenvalue weighted by molar-refractivity contribution is 7.16. The highest BCUT2D eigenvalue weighted by Crippen LogP contribution is 2.28. The fraction of sp³-hybridized carbons (Fsp3) is 0.118. The molecule has 0 fully saturated rings. The van der Waals surface area contributed by atoms with E-state index in [0.29, 0.717) is 12.1 Å². The molecule has 0 atom stereocenters. The number of rotatable bonds is 5. The van der Waals surface area contributed by atoms with E-state index in [2.05, 4.69) is 25.8 Å². The van der Waals surface area contributed by atoms with Crippen molar-refractivity contribution in [1.29, 1.82) is 0 Å². The molecule has 1 N–H and O–H groups in total. The molecule has 26 heavy (non-hydrogen) atoms. The third kappa shape index (κ3) is 3.53. The number of carbonyl (C=O) groups excluding carboxylic acids is 1. The van der Waals surface area contributed by atoms with Crippen LogP contribution in [0.4, 0.5) is 0 Å². The van der Waals surface area contributed by atoms with Crippen LogP contribution in [0.1, 0.15) is 20.2 Å². The van der Waals surface area contributed by atoms with E-state index in [1.54, 1.807) is 40.9 Å². The summed E-state index contributed by atoms with van der Waals surface area (Å²) in [7, 11) is 0. The maximum atomic E-state index is 12.4. The van der Waals surface area contributed by atoms with E-state index in [9.17, 15) is 4.79 Å². The predicted molar refractivity (Wildman–Crippen MR) is 100 cm³/mol. The Morgan fingerprint density at radius 3 is 2.96 bits per heavy atom. The summed E-state index contributed by atoms with van der Waals surface area (Å²) in [6, 6.07) is 11.2. The molecule has 7 nitrogen and oxygen atoms in total. The molecular formula is C17H14N6OS2. The quantitative estimate of drug-likeness (QED) is 0.573. The summed E-state index contributed by atoms with van der Waals surface area (Å²) in [5.74, 6) is -0.139. The van der Waals surface area contributed by atoms with Crippen molar-refractivity contribution in [2.45, 2.75) is 13.5 Å². The Labute approximate surface area is 157 Å². The van der Waals surface area contributed by atoms with Gasteiger partial charge in [-0.2, -0.15) is 0 Å². The van der Waals surface area contributed by atoms with Gasteiger partial charge in [0.2, 0.25) is 0 Å². The Hall–Kier alpha value is -2.91. The Bertz CT molecular complexity index is 1040. The summed E-state index contributed by atoms with van der Waals surface area (Å²) in [5.41, 5.74) is 2.29. The number of amides is 1. The van der Waals surface area contributed by atoms with E-state index in [1.165, 1.54) is 11.0 Å². The molecule has 3 heterocycles. The lowest BCUT2D eigenvalue weighted by Gasteiger charge is -2.05. The molecular weight excluding hydrogens is 368 g/mol. The average Bonchev–Trinajstić information content (AvgIpc) is 3.41. The van der Waals surface area contributed by atoms with Gasteiger partial charge in [-0.3, -0.25) is 4.79 Å². The second kappa shape index (κ2) is 7.14. The van der Waals surface area contributed by atoms with Gasteiger partial charge in [-0.25, -0.2) is 9.67 Å². The Morgan fingerprint density at radius 1 is 1.27 bits per heavy atom. The van der Waals surface area contributed by atoms with Crippen molar-refractivity contribution in [2.24, 2.45) is 0 Å². The zero-order valence-corrected chi connectivity index (χ0v) is 15.4. The number of nitrogens with one attached hydrogen (secondary N) is 1. The smallest absolute Gasteiger partial charge is 0.251 e. The maximum absolute atomic E-state index is 12.4. The number of aromatic nitrogens is 5. The van der Waals surface area contributed by atoms with E-state index in [-0.39, 0.29) is 5.91 Å². The number of hydrogen-bond donors (Lipinski definition) is 1. The first-order valence-electron chi connectivity index (χ1n) is 7.82. The highest BCUT2D eigenvalue weighted by atomic mass is 32.1. The van der Waals surface area contributed by atoms with Crippen molar-refractivity contribution < 1.29 is 4.79 Å². The largest absolute Gasteiger partial charge is 0.347 e. The van der Waals surface area contributed by atoms with E-state index < -0.39 is 0 Å². The molecule has 3 aromatic heterocycles. The Morgan fingerprint density at radius 2 is 2.19 bits per heavy atom. The molecule has 0 saturated carbocycles. The van der Waals surface area contributed by atoms with Crippen LogP contribution in [0.15, 0.2) is 48.1 Å². The van der Waals surface area contributed by atoms with Crippen molar-refractivity contribution in [3.8, 4) is 16.3 Å². The Kier molecular flexibility index (Phi) is 4.55. The minimum atomic E-state index is -0.139. The summed E-state index contributed by atoms with van der Waals surface area (Å²) in [6.07, 6.45) is 1.49. The maximum Gasteiger partial charge on any atom is 0.251 e. The van der Waals surface area contributed by atoms with Crippen molar-refractivity contribution in [1.82, 2.24) is 30.5 Å². The number of tetrazole rings is 1. The number of thiophene rings is 1. The van der Waals surface area contributed by atoms with Crippen LogP contribution >= 0.6 is 22.7 Å². The molecule has 4 rings (SSSR count). The van der Waals surface area contributed by atoms with E-state index in [0.717, 1.165) is 26.1 Å².